The molecule has 38 heavy (non-hydrogen) atoms. The van der Waals surface area contributed by atoms with Gasteiger partial charge in [-0.3, -0.25) is 14.5 Å². The molecule has 1 N–H and O–H groups in total. The topological polar surface area (TPSA) is 89.4 Å². The van der Waals surface area contributed by atoms with Crippen LogP contribution in [0.2, 0.25) is 0 Å². The summed E-state index contributed by atoms with van der Waals surface area (Å²) in [5, 5.41) is 11.5. The van der Waals surface area contributed by atoms with Crippen molar-refractivity contribution in [3.05, 3.63) is 89.0 Å². The number of ether oxygens (including phenoxy) is 1. The third kappa shape index (κ3) is 5.31. The van der Waals surface area contributed by atoms with Gasteiger partial charge < -0.3 is 10.1 Å². The van der Waals surface area contributed by atoms with Gasteiger partial charge in [-0.1, -0.05) is 47.7 Å². The average molecular weight is 512 g/mol. The van der Waals surface area contributed by atoms with E-state index in [1.54, 1.807) is 9.58 Å². The van der Waals surface area contributed by atoms with E-state index in [9.17, 15) is 9.59 Å². The van der Waals surface area contributed by atoms with Crippen LogP contribution in [0.15, 0.2) is 66.7 Å². The monoisotopic (exact) mass is 511 g/mol. The van der Waals surface area contributed by atoms with Crippen LogP contribution in [0.3, 0.4) is 0 Å². The Morgan fingerprint density at radius 2 is 1.82 bits per heavy atom. The zero-order valence-electron chi connectivity index (χ0n) is 22.1. The number of aromatic nitrogens is 3. The Labute approximate surface area is 222 Å². The molecule has 1 fully saturated rings. The number of amides is 2. The lowest BCUT2D eigenvalue weighted by molar-refractivity contribution is -0.127. The molecule has 0 bridgehead atoms. The Bertz CT molecular complexity index is 1460. The standard InChI is InChI=1S/C30H33N5O3/c1-20-14-15-23(17-22(20)3)35(28(36)19-34-27-13-7-6-12-26(27)32-33-34)29(25-11-5-4-9-21(25)2)30(37)31-18-24-10-8-16-38-24/h4-7,9,11-15,17,24,29H,8,10,16,18-19H2,1-3H3,(H,31,37)/t24-,29-/m1/s1. The Balaban J connectivity index is 1.57. The lowest BCUT2D eigenvalue weighted by atomic mass is 9.97. The van der Waals surface area contributed by atoms with Gasteiger partial charge in [-0.25, -0.2) is 4.68 Å². The smallest absolute Gasteiger partial charge is 0.249 e. The highest BCUT2D eigenvalue weighted by molar-refractivity contribution is 6.01. The van der Waals surface area contributed by atoms with Crippen LogP contribution in [0.5, 0.6) is 0 Å². The van der Waals surface area contributed by atoms with Crippen LogP contribution in [0.25, 0.3) is 11.0 Å². The molecule has 4 aromatic rings. The Kier molecular flexibility index (Phi) is 7.51. The van der Waals surface area contributed by atoms with Crippen molar-refractivity contribution in [2.45, 2.75) is 52.3 Å². The van der Waals surface area contributed by atoms with E-state index in [-0.39, 0.29) is 24.5 Å². The summed E-state index contributed by atoms with van der Waals surface area (Å²) in [6.45, 7) is 7.05. The molecule has 0 aliphatic carbocycles. The summed E-state index contributed by atoms with van der Waals surface area (Å²) in [6, 6.07) is 20.2. The molecule has 1 aliphatic rings. The number of aryl methyl sites for hydroxylation is 3. The number of fused-ring (bicyclic) bond motifs is 1. The molecule has 2 amide bonds. The Morgan fingerprint density at radius 1 is 1.03 bits per heavy atom. The molecular formula is C30H33N5O3. The fourth-order valence-electron chi connectivity index (χ4n) is 4.96. The van der Waals surface area contributed by atoms with Gasteiger partial charge in [-0.05, 0) is 80.1 Å². The van der Waals surface area contributed by atoms with Gasteiger partial charge in [0.05, 0.1) is 11.6 Å². The van der Waals surface area contributed by atoms with Crippen molar-refractivity contribution in [1.82, 2.24) is 20.3 Å². The first-order chi connectivity index (χ1) is 18.4. The first-order valence-electron chi connectivity index (χ1n) is 13.0. The summed E-state index contributed by atoms with van der Waals surface area (Å²) in [7, 11) is 0. The zero-order chi connectivity index (χ0) is 26.6. The first kappa shape index (κ1) is 25.6. The minimum atomic E-state index is -0.873. The second kappa shape index (κ2) is 11.1. The number of nitrogens with zero attached hydrogens (tertiary/aromatic N) is 4. The third-order valence-electron chi connectivity index (χ3n) is 7.26. The van der Waals surface area contributed by atoms with E-state index in [0.29, 0.717) is 24.4 Å². The maximum Gasteiger partial charge on any atom is 0.249 e. The predicted octanol–water partition coefficient (Wildman–Crippen LogP) is 4.43. The summed E-state index contributed by atoms with van der Waals surface area (Å²) in [6.07, 6.45) is 1.89. The zero-order valence-corrected chi connectivity index (χ0v) is 22.1. The van der Waals surface area contributed by atoms with Crippen LogP contribution >= 0.6 is 0 Å². The quantitative estimate of drug-likeness (QED) is 0.378. The number of nitrogens with one attached hydrogen (secondary N) is 1. The largest absolute Gasteiger partial charge is 0.376 e. The number of hydrogen-bond donors (Lipinski definition) is 1. The van der Waals surface area contributed by atoms with Crippen LogP contribution in [0, 0.1) is 20.8 Å². The molecule has 1 aromatic heterocycles. The van der Waals surface area contributed by atoms with Crippen molar-refractivity contribution in [1.29, 1.82) is 0 Å². The van der Waals surface area contributed by atoms with Crippen LogP contribution in [0.4, 0.5) is 5.69 Å². The van der Waals surface area contributed by atoms with E-state index in [0.717, 1.165) is 40.6 Å². The van der Waals surface area contributed by atoms with Crippen molar-refractivity contribution in [2.24, 2.45) is 0 Å². The number of carbonyl (C=O) groups is 2. The van der Waals surface area contributed by atoms with Crippen LogP contribution in [0.1, 0.15) is 41.1 Å². The summed E-state index contributed by atoms with van der Waals surface area (Å²) >= 11 is 0. The molecule has 2 atom stereocenters. The summed E-state index contributed by atoms with van der Waals surface area (Å²) < 4.78 is 7.32. The maximum absolute atomic E-state index is 14.2. The molecule has 196 valence electrons. The molecule has 0 saturated carbocycles. The minimum Gasteiger partial charge on any atom is -0.376 e. The van der Waals surface area contributed by atoms with Crippen molar-refractivity contribution < 1.29 is 14.3 Å². The number of hydrogen-bond acceptors (Lipinski definition) is 5. The van der Waals surface area contributed by atoms with Gasteiger partial charge in [0.25, 0.3) is 0 Å². The van der Waals surface area contributed by atoms with Gasteiger partial charge in [0.2, 0.25) is 11.8 Å². The number of benzene rings is 3. The summed E-state index contributed by atoms with van der Waals surface area (Å²) in [5.74, 6) is -0.505. The van der Waals surface area contributed by atoms with E-state index in [4.69, 9.17) is 4.74 Å². The second-order valence-corrected chi connectivity index (χ2v) is 9.91. The highest BCUT2D eigenvalue weighted by Crippen LogP contribution is 2.32. The van der Waals surface area contributed by atoms with Crippen molar-refractivity contribution in [3.63, 3.8) is 0 Å². The lowest BCUT2D eigenvalue weighted by Gasteiger charge is -2.33. The van der Waals surface area contributed by atoms with Crippen molar-refractivity contribution in [3.8, 4) is 0 Å². The predicted molar refractivity (Wildman–Crippen MR) is 147 cm³/mol. The van der Waals surface area contributed by atoms with E-state index in [1.165, 1.54) is 0 Å². The first-order valence-corrected chi connectivity index (χ1v) is 13.0. The Hall–Kier alpha value is -4.04. The summed E-state index contributed by atoms with van der Waals surface area (Å²) in [4.78, 5) is 29.7. The normalized spacial score (nSPS) is 15.9. The number of carbonyl (C=O) groups excluding carboxylic acids is 2. The number of anilines is 1. The molecule has 1 aliphatic heterocycles. The molecule has 0 spiro atoms. The molecule has 5 rings (SSSR count). The fraction of sp³-hybridized carbons (Fsp3) is 0.333. The molecule has 2 heterocycles. The molecule has 3 aromatic carbocycles. The summed E-state index contributed by atoms with van der Waals surface area (Å²) in [5.41, 5.74) is 5.97. The molecular weight excluding hydrogens is 478 g/mol. The van der Waals surface area contributed by atoms with Crippen molar-refractivity contribution >= 4 is 28.5 Å². The van der Waals surface area contributed by atoms with Gasteiger partial charge in [-0.2, -0.15) is 0 Å². The second-order valence-electron chi connectivity index (χ2n) is 9.91. The SMILES string of the molecule is Cc1ccc(N(C(=O)Cn2nnc3ccccc32)[C@@H](C(=O)NC[C@H]2CCCO2)c2ccccc2C)cc1C. The highest BCUT2D eigenvalue weighted by atomic mass is 16.5. The minimum absolute atomic E-state index is 0.0104. The average Bonchev–Trinajstić information content (AvgIpc) is 3.58. The van der Waals surface area contributed by atoms with E-state index < -0.39 is 6.04 Å². The highest BCUT2D eigenvalue weighted by Gasteiger charge is 2.34. The molecule has 0 unspecified atom stereocenters. The van der Waals surface area contributed by atoms with Gasteiger partial charge >= 0.3 is 0 Å². The van der Waals surface area contributed by atoms with E-state index in [1.807, 2.05) is 87.5 Å². The Morgan fingerprint density at radius 3 is 2.58 bits per heavy atom. The van der Waals surface area contributed by atoms with E-state index >= 15 is 0 Å². The van der Waals surface area contributed by atoms with Crippen LogP contribution < -0.4 is 10.2 Å². The van der Waals surface area contributed by atoms with E-state index in [2.05, 4.69) is 15.6 Å². The molecule has 8 nitrogen and oxygen atoms in total. The third-order valence-corrected chi connectivity index (χ3v) is 7.26. The number of para-hydroxylation sites is 1. The van der Waals surface area contributed by atoms with Crippen LogP contribution in [-0.4, -0.2) is 46.1 Å². The van der Waals surface area contributed by atoms with Gasteiger partial charge in [0, 0.05) is 18.8 Å². The van der Waals surface area contributed by atoms with Crippen LogP contribution in [-0.2, 0) is 20.9 Å². The van der Waals surface area contributed by atoms with Crippen molar-refractivity contribution in [2.75, 3.05) is 18.1 Å². The molecule has 1 saturated heterocycles. The van der Waals surface area contributed by atoms with Gasteiger partial charge in [0.1, 0.15) is 18.1 Å². The fourth-order valence-corrected chi connectivity index (χ4v) is 4.96. The maximum atomic E-state index is 14.2. The molecule has 8 heteroatoms. The number of rotatable bonds is 8. The molecule has 0 radical (unpaired) electrons. The van der Waals surface area contributed by atoms with Gasteiger partial charge in [0.15, 0.2) is 0 Å². The lowest BCUT2D eigenvalue weighted by Crippen LogP contribution is -2.47. The van der Waals surface area contributed by atoms with Gasteiger partial charge in [-0.15, -0.1) is 5.10 Å².